The second kappa shape index (κ2) is 13.6. The molecule has 0 N–H and O–H groups in total. The summed E-state index contributed by atoms with van der Waals surface area (Å²) in [4.78, 5) is 0. The van der Waals surface area contributed by atoms with Crippen molar-refractivity contribution in [1.82, 2.24) is 9.13 Å². The first-order valence-electron chi connectivity index (χ1n) is 18.7. The lowest BCUT2D eigenvalue weighted by Gasteiger charge is -2.21. The lowest BCUT2D eigenvalue weighted by molar-refractivity contribution is 1.13. The molecule has 6 nitrogen and oxygen atoms in total. The summed E-state index contributed by atoms with van der Waals surface area (Å²) >= 11 is 0. The molecule has 8 aromatic carbocycles. The van der Waals surface area contributed by atoms with E-state index in [-0.39, 0.29) is 0 Å². The van der Waals surface area contributed by atoms with Gasteiger partial charge in [0.2, 0.25) is 0 Å². The molecule has 0 atom stereocenters. The van der Waals surface area contributed by atoms with E-state index in [9.17, 15) is 21.0 Å². The van der Waals surface area contributed by atoms with Crippen molar-refractivity contribution in [3.63, 3.8) is 0 Å². The Morgan fingerprint density at radius 2 is 0.793 bits per heavy atom. The molecule has 0 spiro atoms. The third-order valence-corrected chi connectivity index (χ3v) is 11.1. The van der Waals surface area contributed by atoms with Crippen LogP contribution < -0.4 is 0 Å². The number of benzene rings is 8. The maximum Gasteiger partial charge on any atom is 0.0998 e. The Kier molecular flexibility index (Phi) is 7.92. The second-order valence-corrected chi connectivity index (χ2v) is 14.2. The van der Waals surface area contributed by atoms with E-state index < -0.39 is 0 Å². The molecule has 10 aromatic rings. The van der Waals surface area contributed by atoms with E-state index in [1.54, 1.807) is 6.07 Å². The Labute approximate surface area is 333 Å². The summed E-state index contributed by atoms with van der Waals surface area (Å²) in [6.45, 7) is 0. The Morgan fingerprint density at radius 3 is 1.29 bits per heavy atom. The minimum Gasteiger partial charge on any atom is -0.308 e. The van der Waals surface area contributed by atoms with Crippen molar-refractivity contribution >= 4 is 43.6 Å². The zero-order valence-corrected chi connectivity index (χ0v) is 30.8. The van der Waals surface area contributed by atoms with Gasteiger partial charge < -0.3 is 9.13 Å². The van der Waals surface area contributed by atoms with Crippen LogP contribution in [0.4, 0.5) is 0 Å². The summed E-state index contributed by atoms with van der Waals surface area (Å²) in [5, 5.41) is 44.8. The van der Waals surface area contributed by atoms with Gasteiger partial charge in [0.1, 0.15) is 0 Å². The van der Waals surface area contributed by atoms with Gasteiger partial charge in [0.25, 0.3) is 0 Å². The van der Waals surface area contributed by atoms with Gasteiger partial charge >= 0.3 is 0 Å². The summed E-state index contributed by atoms with van der Waals surface area (Å²) in [6.07, 6.45) is 0. The van der Waals surface area contributed by atoms with E-state index in [0.717, 1.165) is 88.4 Å². The first kappa shape index (κ1) is 33.9. The molecule has 0 aliphatic rings. The Morgan fingerprint density at radius 1 is 0.328 bits per heavy atom. The lowest BCUT2D eigenvalue weighted by atomic mass is 9.96. The smallest absolute Gasteiger partial charge is 0.0998 e. The topological polar surface area (TPSA) is 105 Å². The monoisotopic (exact) mass is 736 g/mol. The summed E-state index contributed by atoms with van der Waals surface area (Å²) in [5.41, 5.74) is 12.8. The highest BCUT2D eigenvalue weighted by Gasteiger charge is 2.24. The van der Waals surface area contributed by atoms with Crippen molar-refractivity contribution in [3.8, 4) is 69.0 Å². The summed E-state index contributed by atoms with van der Waals surface area (Å²) < 4.78 is 4.43. The molecule has 2 aromatic heterocycles. The van der Waals surface area contributed by atoms with Crippen molar-refractivity contribution < 1.29 is 0 Å². The van der Waals surface area contributed by atoms with Crippen molar-refractivity contribution in [3.05, 3.63) is 192 Å². The van der Waals surface area contributed by atoms with Crippen LogP contribution in [-0.2, 0) is 0 Å². The van der Waals surface area contributed by atoms with Crippen molar-refractivity contribution in [2.75, 3.05) is 0 Å². The molecular weight excluding hydrogens is 709 g/mol. The number of para-hydroxylation sites is 2. The minimum absolute atomic E-state index is 0.473. The highest BCUT2D eigenvalue weighted by Crippen LogP contribution is 2.44. The van der Waals surface area contributed by atoms with Crippen molar-refractivity contribution in [2.45, 2.75) is 0 Å². The third-order valence-electron chi connectivity index (χ3n) is 11.1. The highest BCUT2D eigenvalue weighted by atomic mass is 15.0. The van der Waals surface area contributed by atoms with E-state index in [0.29, 0.717) is 22.3 Å². The third kappa shape index (κ3) is 5.23. The van der Waals surface area contributed by atoms with Crippen molar-refractivity contribution in [2.24, 2.45) is 0 Å². The summed E-state index contributed by atoms with van der Waals surface area (Å²) in [6, 6.07) is 65.3. The van der Waals surface area contributed by atoms with Crippen LogP contribution in [0.15, 0.2) is 170 Å². The maximum absolute atomic E-state index is 10.7. The quantitative estimate of drug-likeness (QED) is 0.175. The van der Waals surface area contributed by atoms with Gasteiger partial charge in [-0.05, 0) is 101 Å². The highest BCUT2D eigenvalue weighted by molar-refractivity contribution is 6.13. The molecule has 0 aliphatic carbocycles. The molecule has 2 heterocycles. The standard InChI is InChI=1S/C52H28N6/c53-29-33-10-9-13-37(24-33)52-50(57-46-18-7-5-16-42(46)44-27-35(20-22-48(44)57)40-14-3-1-11-38(40)31-55)25-34(30-54)26-51(52)58-47-19-8-6-17-43(47)45-28-36(21-23-49(45)58)41-15-4-2-12-39(41)32-56/h1-28H. The average Bonchev–Trinajstić information content (AvgIpc) is 3.80. The van der Waals surface area contributed by atoms with Crippen LogP contribution in [0.1, 0.15) is 22.3 Å². The number of nitrogens with zero attached hydrogens (tertiary/aromatic N) is 6. The number of rotatable bonds is 5. The maximum atomic E-state index is 10.7. The molecule has 0 saturated carbocycles. The normalized spacial score (nSPS) is 11.0. The van der Waals surface area contributed by atoms with Crippen LogP contribution in [0, 0.1) is 45.3 Å². The molecule has 6 heteroatoms. The number of aromatic nitrogens is 2. The van der Waals surface area contributed by atoms with Crippen LogP contribution in [0.2, 0.25) is 0 Å². The summed E-state index contributed by atoms with van der Waals surface area (Å²) in [5.74, 6) is 0. The van der Waals surface area contributed by atoms with Crippen molar-refractivity contribution in [1.29, 1.82) is 21.0 Å². The van der Waals surface area contributed by atoms with Gasteiger partial charge in [0.15, 0.2) is 0 Å². The van der Waals surface area contributed by atoms with Crippen LogP contribution in [0.25, 0.3) is 88.4 Å². The lowest BCUT2D eigenvalue weighted by Crippen LogP contribution is -2.05. The van der Waals surface area contributed by atoms with Gasteiger partial charge in [-0.25, -0.2) is 0 Å². The number of hydrogen-bond donors (Lipinski definition) is 0. The molecule has 0 radical (unpaired) electrons. The predicted octanol–water partition coefficient (Wildman–Crippen LogP) is 12.4. The van der Waals surface area contributed by atoms with E-state index >= 15 is 0 Å². The number of fused-ring (bicyclic) bond motifs is 6. The average molecular weight is 737 g/mol. The van der Waals surface area contributed by atoms with Gasteiger partial charge in [-0.3, -0.25) is 0 Å². The first-order valence-corrected chi connectivity index (χ1v) is 18.7. The van der Waals surface area contributed by atoms with Crippen LogP contribution in [-0.4, -0.2) is 9.13 Å². The molecule has 58 heavy (non-hydrogen) atoms. The number of hydrogen-bond acceptors (Lipinski definition) is 4. The molecule has 0 unspecified atom stereocenters. The van der Waals surface area contributed by atoms with Gasteiger partial charge in [-0.1, -0.05) is 97.1 Å². The van der Waals surface area contributed by atoms with Crippen LogP contribution in [0.5, 0.6) is 0 Å². The van der Waals surface area contributed by atoms with Gasteiger partial charge in [-0.15, -0.1) is 0 Å². The molecule has 266 valence electrons. The molecule has 0 bridgehead atoms. The molecule has 0 aliphatic heterocycles. The van der Waals surface area contributed by atoms with Gasteiger partial charge in [0, 0.05) is 27.1 Å². The van der Waals surface area contributed by atoms with Crippen LogP contribution >= 0.6 is 0 Å². The van der Waals surface area contributed by atoms with E-state index in [1.807, 2.05) is 115 Å². The first-order chi connectivity index (χ1) is 28.6. The van der Waals surface area contributed by atoms with Crippen LogP contribution in [0.3, 0.4) is 0 Å². The Balaban J connectivity index is 1.33. The zero-order valence-electron chi connectivity index (χ0n) is 30.8. The molecule has 0 saturated heterocycles. The fourth-order valence-corrected chi connectivity index (χ4v) is 8.53. The molecule has 10 rings (SSSR count). The van der Waals surface area contributed by atoms with Gasteiger partial charge in [-0.2, -0.15) is 21.0 Å². The Hall–Kier alpha value is -8.68. The molecular formula is C52H28N6. The SMILES string of the molecule is N#Cc1cccc(-c2c(-n3c4ccccc4c4cc(-c5ccccc5C#N)ccc43)cc(C#N)cc2-n2c3ccccc3c3cc(-c4ccccc4C#N)ccc32)c1. The molecule has 0 fully saturated rings. The second-order valence-electron chi connectivity index (χ2n) is 14.2. The molecule has 0 amide bonds. The Bertz CT molecular complexity index is 3320. The zero-order chi connectivity index (χ0) is 39.3. The van der Waals surface area contributed by atoms with E-state index in [4.69, 9.17) is 0 Å². The van der Waals surface area contributed by atoms with E-state index in [1.165, 1.54) is 0 Å². The fraction of sp³-hybridized carbons (Fsp3) is 0. The predicted molar refractivity (Wildman–Crippen MR) is 230 cm³/mol. The van der Waals surface area contributed by atoms with Gasteiger partial charge in [0.05, 0.1) is 80.0 Å². The minimum atomic E-state index is 0.473. The summed E-state index contributed by atoms with van der Waals surface area (Å²) in [7, 11) is 0. The fourth-order valence-electron chi connectivity index (χ4n) is 8.53. The largest absolute Gasteiger partial charge is 0.308 e. The van der Waals surface area contributed by atoms with E-state index in [2.05, 4.69) is 81.9 Å². The number of nitriles is 4.